The van der Waals surface area contributed by atoms with Gasteiger partial charge in [0.2, 0.25) is 0 Å². The number of non-ortho nitro benzene ring substituents is 1. The summed E-state index contributed by atoms with van der Waals surface area (Å²) in [5.74, 6) is -0.534. The third kappa shape index (κ3) is 2.28. The van der Waals surface area contributed by atoms with Gasteiger partial charge in [-0.2, -0.15) is 0 Å². The van der Waals surface area contributed by atoms with Crippen molar-refractivity contribution >= 4 is 5.69 Å². The monoisotopic (exact) mass is 196 g/mol. The molecule has 0 aromatic heterocycles. The molecule has 75 valence electrons. The standard InChI is InChI=1S/C10H11FNO2/c1-7-3-9(8(2)6-11)5-10(4-7)12(13)14/h3-5,8H,2,6H2,1H3. The second kappa shape index (κ2) is 4.17. The molecule has 1 radical (unpaired) electrons. The summed E-state index contributed by atoms with van der Waals surface area (Å²) < 4.78 is 12.3. The zero-order chi connectivity index (χ0) is 10.7. The third-order valence-corrected chi connectivity index (χ3v) is 1.95. The molecule has 14 heavy (non-hydrogen) atoms. The fraction of sp³-hybridized carbons (Fsp3) is 0.300. The van der Waals surface area contributed by atoms with E-state index in [9.17, 15) is 14.5 Å². The fourth-order valence-electron chi connectivity index (χ4n) is 1.22. The summed E-state index contributed by atoms with van der Waals surface area (Å²) in [4.78, 5) is 10.0. The zero-order valence-electron chi connectivity index (χ0n) is 7.87. The SMILES string of the molecule is [CH2]C(CF)c1cc(C)cc([N+](=O)[O-])c1. The Hall–Kier alpha value is -1.45. The maximum atomic E-state index is 12.3. The lowest BCUT2D eigenvalue weighted by Crippen LogP contribution is -1.98. The van der Waals surface area contributed by atoms with Gasteiger partial charge in [0.1, 0.15) is 0 Å². The topological polar surface area (TPSA) is 43.1 Å². The number of alkyl halides is 1. The largest absolute Gasteiger partial charge is 0.269 e. The minimum Gasteiger partial charge on any atom is -0.258 e. The predicted octanol–water partition coefficient (Wildman–Crippen LogP) is 2.79. The van der Waals surface area contributed by atoms with E-state index >= 15 is 0 Å². The van der Waals surface area contributed by atoms with Gasteiger partial charge in [0, 0.05) is 18.1 Å². The van der Waals surface area contributed by atoms with Crippen LogP contribution in [0.3, 0.4) is 0 Å². The lowest BCUT2D eigenvalue weighted by atomic mass is 10.00. The molecule has 3 nitrogen and oxygen atoms in total. The minimum atomic E-state index is -0.611. The maximum absolute atomic E-state index is 12.3. The molecule has 1 aromatic carbocycles. The normalized spacial score (nSPS) is 12.5. The molecule has 1 rings (SSSR count). The molecular weight excluding hydrogens is 185 g/mol. The summed E-state index contributed by atoms with van der Waals surface area (Å²) in [7, 11) is 0. The number of hydrogen-bond acceptors (Lipinski definition) is 2. The second-order valence-electron chi connectivity index (χ2n) is 3.21. The average Bonchev–Trinajstić information content (AvgIpc) is 2.15. The maximum Gasteiger partial charge on any atom is 0.269 e. The molecular formula is C10H11FNO2. The van der Waals surface area contributed by atoms with E-state index in [1.54, 1.807) is 13.0 Å². The molecule has 0 saturated heterocycles. The van der Waals surface area contributed by atoms with Crippen molar-refractivity contribution in [2.45, 2.75) is 12.8 Å². The lowest BCUT2D eigenvalue weighted by molar-refractivity contribution is -0.385. The van der Waals surface area contributed by atoms with Gasteiger partial charge >= 0.3 is 0 Å². The van der Waals surface area contributed by atoms with Crippen molar-refractivity contribution in [3.05, 3.63) is 46.4 Å². The van der Waals surface area contributed by atoms with E-state index in [2.05, 4.69) is 6.92 Å². The van der Waals surface area contributed by atoms with Gasteiger partial charge in [-0.3, -0.25) is 14.5 Å². The van der Waals surface area contributed by atoms with Gasteiger partial charge in [0.15, 0.2) is 0 Å². The van der Waals surface area contributed by atoms with Crippen LogP contribution in [0.25, 0.3) is 0 Å². The van der Waals surface area contributed by atoms with Crippen LogP contribution in [-0.4, -0.2) is 11.6 Å². The van der Waals surface area contributed by atoms with Crippen molar-refractivity contribution in [2.24, 2.45) is 0 Å². The van der Waals surface area contributed by atoms with Crippen molar-refractivity contribution in [2.75, 3.05) is 6.67 Å². The Labute approximate surface area is 81.7 Å². The number of nitrogens with zero attached hydrogens (tertiary/aromatic N) is 1. The molecule has 0 fully saturated rings. The van der Waals surface area contributed by atoms with Gasteiger partial charge in [-0.15, -0.1) is 0 Å². The summed E-state index contributed by atoms with van der Waals surface area (Å²) in [6.45, 7) is 4.70. The number of aryl methyl sites for hydroxylation is 1. The molecule has 0 spiro atoms. The van der Waals surface area contributed by atoms with E-state index in [0.29, 0.717) is 5.56 Å². The highest BCUT2D eigenvalue weighted by Gasteiger charge is 2.12. The first-order valence-corrected chi connectivity index (χ1v) is 4.19. The Morgan fingerprint density at radius 2 is 2.21 bits per heavy atom. The van der Waals surface area contributed by atoms with Gasteiger partial charge in [-0.25, -0.2) is 0 Å². The molecule has 1 atom stereocenters. The van der Waals surface area contributed by atoms with Crippen molar-refractivity contribution in [1.29, 1.82) is 0 Å². The van der Waals surface area contributed by atoms with Crippen LogP contribution in [0.15, 0.2) is 18.2 Å². The molecule has 1 unspecified atom stereocenters. The molecule has 0 N–H and O–H groups in total. The van der Waals surface area contributed by atoms with E-state index in [-0.39, 0.29) is 5.69 Å². The Bertz CT molecular complexity index is 352. The van der Waals surface area contributed by atoms with Crippen LogP contribution in [0, 0.1) is 24.0 Å². The zero-order valence-corrected chi connectivity index (χ0v) is 7.87. The van der Waals surface area contributed by atoms with E-state index in [0.717, 1.165) is 5.56 Å². The van der Waals surface area contributed by atoms with Crippen molar-refractivity contribution in [3.8, 4) is 0 Å². The number of halogens is 1. The number of rotatable bonds is 3. The van der Waals surface area contributed by atoms with Crippen LogP contribution in [0.1, 0.15) is 17.0 Å². The van der Waals surface area contributed by atoms with Crippen molar-refractivity contribution < 1.29 is 9.31 Å². The van der Waals surface area contributed by atoms with Crippen LogP contribution in [0.4, 0.5) is 10.1 Å². The van der Waals surface area contributed by atoms with E-state index in [1.807, 2.05) is 0 Å². The number of benzene rings is 1. The highest BCUT2D eigenvalue weighted by molar-refractivity contribution is 5.40. The quantitative estimate of drug-likeness (QED) is 0.551. The van der Waals surface area contributed by atoms with Crippen LogP contribution < -0.4 is 0 Å². The van der Waals surface area contributed by atoms with E-state index in [1.165, 1.54) is 12.1 Å². The average molecular weight is 196 g/mol. The minimum absolute atomic E-state index is 0.0119. The molecule has 0 amide bonds. The van der Waals surface area contributed by atoms with Crippen molar-refractivity contribution in [3.63, 3.8) is 0 Å². The lowest BCUT2D eigenvalue weighted by Gasteiger charge is -2.07. The third-order valence-electron chi connectivity index (χ3n) is 1.95. The molecule has 0 heterocycles. The Kier molecular flexibility index (Phi) is 3.17. The molecule has 0 aliphatic heterocycles. The van der Waals surface area contributed by atoms with Crippen LogP contribution >= 0.6 is 0 Å². The molecule has 0 bridgehead atoms. The Morgan fingerprint density at radius 1 is 1.57 bits per heavy atom. The number of hydrogen-bond donors (Lipinski definition) is 0. The summed E-state index contributed by atoms with van der Waals surface area (Å²) in [5.41, 5.74) is 1.30. The Morgan fingerprint density at radius 3 is 2.71 bits per heavy atom. The molecule has 0 aliphatic rings. The highest BCUT2D eigenvalue weighted by atomic mass is 19.1. The van der Waals surface area contributed by atoms with E-state index in [4.69, 9.17) is 0 Å². The Balaban J connectivity index is 3.13. The van der Waals surface area contributed by atoms with Crippen LogP contribution in [-0.2, 0) is 0 Å². The second-order valence-corrected chi connectivity index (χ2v) is 3.21. The molecule has 0 aliphatic carbocycles. The first-order valence-electron chi connectivity index (χ1n) is 4.19. The summed E-state index contributed by atoms with van der Waals surface area (Å²) in [5, 5.41) is 10.5. The first kappa shape index (κ1) is 10.6. The first-order chi connectivity index (χ1) is 6.54. The fourth-order valence-corrected chi connectivity index (χ4v) is 1.22. The van der Waals surface area contributed by atoms with Crippen LogP contribution in [0.5, 0.6) is 0 Å². The smallest absolute Gasteiger partial charge is 0.258 e. The van der Waals surface area contributed by atoms with Gasteiger partial charge in [0.05, 0.1) is 11.6 Å². The highest BCUT2D eigenvalue weighted by Crippen LogP contribution is 2.22. The van der Waals surface area contributed by atoms with Crippen LogP contribution in [0.2, 0.25) is 0 Å². The molecule has 0 saturated carbocycles. The van der Waals surface area contributed by atoms with Crippen molar-refractivity contribution in [1.82, 2.24) is 0 Å². The summed E-state index contributed by atoms with van der Waals surface area (Å²) >= 11 is 0. The molecule has 1 aromatic rings. The summed E-state index contributed by atoms with van der Waals surface area (Å²) in [6.07, 6.45) is 0. The van der Waals surface area contributed by atoms with Gasteiger partial charge in [0.25, 0.3) is 5.69 Å². The number of nitro groups is 1. The predicted molar refractivity (Wildman–Crippen MR) is 51.9 cm³/mol. The number of nitro benzene ring substituents is 1. The molecule has 4 heteroatoms. The van der Waals surface area contributed by atoms with E-state index < -0.39 is 17.5 Å². The van der Waals surface area contributed by atoms with Gasteiger partial charge in [-0.05, 0) is 25.0 Å². The summed E-state index contributed by atoms with van der Waals surface area (Å²) in [6, 6.07) is 4.53. The van der Waals surface area contributed by atoms with Gasteiger partial charge in [-0.1, -0.05) is 6.07 Å². The van der Waals surface area contributed by atoms with Gasteiger partial charge < -0.3 is 0 Å².